The van der Waals surface area contributed by atoms with E-state index in [9.17, 15) is 4.79 Å². The van der Waals surface area contributed by atoms with Crippen molar-refractivity contribution in [3.05, 3.63) is 52.7 Å². The number of nitrogens with two attached hydrogens (primary N) is 1. The molecule has 0 fully saturated rings. The van der Waals surface area contributed by atoms with E-state index in [2.05, 4.69) is 10.5 Å². The molecular formula is C14H11N3O2S. The van der Waals surface area contributed by atoms with E-state index < -0.39 is 0 Å². The number of aromatic nitrogens is 1. The van der Waals surface area contributed by atoms with Gasteiger partial charge in [-0.1, -0.05) is 23.4 Å². The number of benzene rings is 1. The van der Waals surface area contributed by atoms with Crippen LogP contribution in [0.5, 0.6) is 0 Å². The van der Waals surface area contributed by atoms with Crippen LogP contribution in [-0.2, 0) is 0 Å². The van der Waals surface area contributed by atoms with Gasteiger partial charge < -0.3 is 15.6 Å². The zero-order valence-electron chi connectivity index (χ0n) is 10.4. The van der Waals surface area contributed by atoms with E-state index in [0.29, 0.717) is 11.4 Å². The number of carbonyl (C=O) groups is 1. The minimum atomic E-state index is -0.337. The lowest BCUT2D eigenvalue weighted by Gasteiger charge is -2.04. The summed E-state index contributed by atoms with van der Waals surface area (Å²) in [6.45, 7) is 0. The zero-order chi connectivity index (χ0) is 13.9. The minimum Gasteiger partial charge on any atom is -0.367 e. The summed E-state index contributed by atoms with van der Waals surface area (Å²) in [6, 6.07) is 11.0. The number of carbonyl (C=O) groups excluding carboxylic acids is 1. The summed E-state index contributed by atoms with van der Waals surface area (Å²) in [5.74, 6) is -0.323. The SMILES string of the molecule is Nc1onc(-c2ccsc2)c1C(=O)Nc1ccccc1. The van der Waals surface area contributed by atoms with Crippen LogP contribution in [-0.4, -0.2) is 11.1 Å². The van der Waals surface area contributed by atoms with Crippen molar-refractivity contribution in [3.8, 4) is 11.3 Å². The first kappa shape index (κ1) is 12.4. The molecule has 0 aliphatic heterocycles. The summed E-state index contributed by atoms with van der Waals surface area (Å²) >= 11 is 1.51. The summed E-state index contributed by atoms with van der Waals surface area (Å²) in [6.07, 6.45) is 0. The van der Waals surface area contributed by atoms with Crippen molar-refractivity contribution in [2.24, 2.45) is 0 Å². The van der Waals surface area contributed by atoms with Crippen LogP contribution >= 0.6 is 11.3 Å². The molecule has 6 heteroatoms. The monoisotopic (exact) mass is 285 g/mol. The van der Waals surface area contributed by atoms with E-state index in [-0.39, 0.29) is 17.4 Å². The van der Waals surface area contributed by atoms with Gasteiger partial charge in [0.2, 0.25) is 5.88 Å². The first-order valence-corrected chi connectivity index (χ1v) is 6.84. The third kappa shape index (κ3) is 2.28. The van der Waals surface area contributed by atoms with E-state index in [1.165, 1.54) is 11.3 Å². The predicted octanol–water partition coefficient (Wildman–Crippen LogP) is 3.24. The van der Waals surface area contributed by atoms with Crippen molar-refractivity contribution in [2.75, 3.05) is 11.1 Å². The molecule has 0 spiro atoms. The van der Waals surface area contributed by atoms with Gasteiger partial charge in [0.1, 0.15) is 11.3 Å². The molecule has 0 aliphatic carbocycles. The second kappa shape index (κ2) is 5.18. The van der Waals surface area contributed by atoms with Crippen LogP contribution in [0.2, 0.25) is 0 Å². The van der Waals surface area contributed by atoms with Gasteiger partial charge in [-0.15, -0.1) is 0 Å². The number of para-hydroxylation sites is 1. The number of nitrogen functional groups attached to an aromatic ring is 1. The van der Waals surface area contributed by atoms with Crippen molar-refractivity contribution in [2.45, 2.75) is 0 Å². The van der Waals surface area contributed by atoms with Crippen LogP contribution in [0.25, 0.3) is 11.3 Å². The molecule has 0 saturated carbocycles. The lowest BCUT2D eigenvalue weighted by Crippen LogP contribution is -2.13. The zero-order valence-corrected chi connectivity index (χ0v) is 11.2. The molecule has 2 heterocycles. The Bertz CT molecular complexity index is 720. The fraction of sp³-hybridized carbons (Fsp3) is 0. The topological polar surface area (TPSA) is 81.2 Å². The van der Waals surface area contributed by atoms with Crippen molar-refractivity contribution < 1.29 is 9.32 Å². The lowest BCUT2D eigenvalue weighted by molar-refractivity contribution is 0.102. The van der Waals surface area contributed by atoms with Gasteiger partial charge in [-0.05, 0) is 23.6 Å². The Morgan fingerprint density at radius 3 is 2.75 bits per heavy atom. The van der Waals surface area contributed by atoms with Gasteiger partial charge in [0.05, 0.1) is 0 Å². The van der Waals surface area contributed by atoms with Crippen LogP contribution in [0.3, 0.4) is 0 Å². The highest BCUT2D eigenvalue weighted by atomic mass is 32.1. The highest BCUT2D eigenvalue weighted by Crippen LogP contribution is 2.29. The van der Waals surface area contributed by atoms with Crippen LogP contribution in [0.4, 0.5) is 11.6 Å². The predicted molar refractivity (Wildman–Crippen MR) is 78.6 cm³/mol. The second-order valence-corrected chi connectivity index (χ2v) is 4.88. The number of amides is 1. The molecule has 5 nitrogen and oxygen atoms in total. The van der Waals surface area contributed by atoms with Crippen LogP contribution < -0.4 is 11.1 Å². The molecule has 0 radical (unpaired) electrons. The van der Waals surface area contributed by atoms with Crippen LogP contribution in [0.15, 0.2) is 51.7 Å². The third-order valence-corrected chi connectivity index (χ3v) is 3.46. The third-order valence-electron chi connectivity index (χ3n) is 2.77. The number of hydrogen-bond donors (Lipinski definition) is 2. The molecule has 20 heavy (non-hydrogen) atoms. The van der Waals surface area contributed by atoms with E-state index in [1.54, 1.807) is 12.1 Å². The van der Waals surface area contributed by atoms with Gasteiger partial charge in [0, 0.05) is 16.6 Å². The second-order valence-electron chi connectivity index (χ2n) is 4.10. The minimum absolute atomic E-state index is 0.0135. The van der Waals surface area contributed by atoms with E-state index in [0.717, 1.165) is 5.56 Å². The fourth-order valence-electron chi connectivity index (χ4n) is 1.83. The number of nitrogens with one attached hydrogen (secondary N) is 1. The highest BCUT2D eigenvalue weighted by molar-refractivity contribution is 7.08. The Labute approximate surface area is 119 Å². The normalized spacial score (nSPS) is 10.4. The molecule has 1 aromatic carbocycles. The maximum absolute atomic E-state index is 12.3. The molecule has 0 saturated heterocycles. The van der Waals surface area contributed by atoms with Crippen molar-refractivity contribution in [1.29, 1.82) is 0 Å². The first-order valence-electron chi connectivity index (χ1n) is 5.90. The maximum atomic E-state index is 12.3. The Morgan fingerprint density at radius 1 is 1.25 bits per heavy atom. The van der Waals surface area contributed by atoms with E-state index in [4.69, 9.17) is 10.3 Å². The average Bonchev–Trinajstić information content (AvgIpc) is 3.08. The van der Waals surface area contributed by atoms with Gasteiger partial charge in [-0.2, -0.15) is 11.3 Å². The summed E-state index contributed by atoms with van der Waals surface area (Å²) in [5, 5.41) is 10.4. The van der Waals surface area contributed by atoms with Crippen LogP contribution in [0, 0.1) is 0 Å². The van der Waals surface area contributed by atoms with Crippen molar-refractivity contribution in [1.82, 2.24) is 5.16 Å². The smallest absolute Gasteiger partial charge is 0.263 e. The quantitative estimate of drug-likeness (QED) is 0.774. The Hall–Kier alpha value is -2.60. The molecule has 3 rings (SSSR count). The molecular weight excluding hydrogens is 274 g/mol. The van der Waals surface area contributed by atoms with Crippen molar-refractivity contribution >= 4 is 28.8 Å². The molecule has 0 bridgehead atoms. The fourth-order valence-corrected chi connectivity index (χ4v) is 2.47. The summed E-state index contributed by atoms with van der Waals surface area (Å²) in [4.78, 5) is 12.3. The van der Waals surface area contributed by atoms with Gasteiger partial charge in [0.15, 0.2) is 0 Å². The number of thiophene rings is 1. The molecule has 0 aliphatic rings. The maximum Gasteiger partial charge on any atom is 0.263 e. The summed E-state index contributed by atoms with van der Waals surface area (Å²) in [7, 11) is 0. The lowest BCUT2D eigenvalue weighted by atomic mass is 10.1. The molecule has 1 amide bonds. The molecule has 3 aromatic rings. The van der Waals surface area contributed by atoms with Gasteiger partial charge in [-0.25, -0.2) is 0 Å². The number of rotatable bonds is 3. The largest absolute Gasteiger partial charge is 0.367 e. The standard InChI is InChI=1S/C14H11N3O2S/c15-13-11(12(17-19-13)9-6-7-20-8-9)14(18)16-10-4-2-1-3-5-10/h1-8H,15H2,(H,16,18). The average molecular weight is 285 g/mol. The van der Waals surface area contributed by atoms with Gasteiger partial charge in [-0.3, -0.25) is 4.79 Å². The van der Waals surface area contributed by atoms with Crippen LogP contribution in [0.1, 0.15) is 10.4 Å². The first-order chi connectivity index (χ1) is 9.75. The van der Waals surface area contributed by atoms with E-state index >= 15 is 0 Å². The van der Waals surface area contributed by atoms with Gasteiger partial charge in [0.25, 0.3) is 5.91 Å². The van der Waals surface area contributed by atoms with E-state index in [1.807, 2.05) is 35.0 Å². The Kier molecular flexibility index (Phi) is 3.22. The molecule has 100 valence electrons. The number of nitrogens with zero attached hydrogens (tertiary/aromatic N) is 1. The summed E-state index contributed by atoms with van der Waals surface area (Å²) < 4.78 is 4.95. The summed E-state index contributed by atoms with van der Waals surface area (Å²) in [5.41, 5.74) is 7.93. The number of hydrogen-bond acceptors (Lipinski definition) is 5. The number of anilines is 2. The molecule has 0 atom stereocenters. The molecule has 0 unspecified atom stereocenters. The highest BCUT2D eigenvalue weighted by Gasteiger charge is 2.22. The molecule has 3 N–H and O–H groups in total. The molecule has 2 aromatic heterocycles. The Morgan fingerprint density at radius 2 is 2.05 bits per heavy atom. The van der Waals surface area contributed by atoms with Gasteiger partial charge >= 0.3 is 0 Å². The van der Waals surface area contributed by atoms with Crippen molar-refractivity contribution in [3.63, 3.8) is 0 Å². The Balaban J connectivity index is 1.94.